The van der Waals surface area contributed by atoms with Crippen molar-refractivity contribution in [2.45, 2.75) is 31.7 Å². The van der Waals surface area contributed by atoms with Gasteiger partial charge in [-0.3, -0.25) is 0 Å². The first-order chi connectivity index (χ1) is 9.77. The van der Waals surface area contributed by atoms with E-state index in [2.05, 4.69) is 67.6 Å². The molecule has 0 atom stereocenters. The lowest BCUT2D eigenvalue weighted by molar-refractivity contribution is 0.475. The van der Waals surface area contributed by atoms with Gasteiger partial charge >= 0.3 is 0 Å². The van der Waals surface area contributed by atoms with Gasteiger partial charge in [-0.1, -0.05) is 72.8 Å². The highest BCUT2D eigenvalue weighted by Gasteiger charge is 2.28. The van der Waals surface area contributed by atoms with Crippen molar-refractivity contribution in [3.63, 3.8) is 0 Å². The van der Waals surface area contributed by atoms with Crippen LogP contribution in [0.3, 0.4) is 0 Å². The van der Waals surface area contributed by atoms with E-state index in [-0.39, 0.29) is 0 Å². The Morgan fingerprint density at radius 2 is 1.40 bits per heavy atom. The lowest BCUT2D eigenvalue weighted by Crippen LogP contribution is -2.37. The van der Waals surface area contributed by atoms with Crippen LogP contribution in [0.5, 0.6) is 0 Å². The van der Waals surface area contributed by atoms with Gasteiger partial charge in [0, 0.05) is 0 Å². The molecule has 0 aliphatic carbocycles. The zero-order chi connectivity index (χ0) is 14.3. The summed E-state index contributed by atoms with van der Waals surface area (Å²) in [6.45, 7) is 2.06. The predicted molar refractivity (Wildman–Crippen MR) is 86.5 cm³/mol. The second-order valence-electron chi connectivity index (χ2n) is 5.16. The van der Waals surface area contributed by atoms with Crippen LogP contribution in [0, 0.1) is 0 Å². The first-order valence-electron chi connectivity index (χ1n) is 7.28. The molecule has 2 N–H and O–H groups in total. The maximum absolute atomic E-state index is 6.80. The molecule has 0 radical (unpaired) electrons. The van der Waals surface area contributed by atoms with Crippen LogP contribution < -0.4 is 5.73 Å². The van der Waals surface area contributed by atoms with Crippen LogP contribution in [0.1, 0.15) is 37.3 Å². The molecule has 0 saturated heterocycles. The standard InChI is InChI=1S/C19H23N/c1-2-3-4-11-16-19(20,17-12-7-5-8-13-17)18-14-9-6-10-15-18/h2-3,5-10,12-15H,4,11,16,20H2,1H3. The Balaban J connectivity index is 2.29. The lowest BCUT2D eigenvalue weighted by atomic mass is 9.80. The van der Waals surface area contributed by atoms with Crippen molar-refractivity contribution in [3.05, 3.63) is 83.9 Å². The van der Waals surface area contributed by atoms with Gasteiger partial charge in [-0.2, -0.15) is 0 Å². The molecule has 0 aliphatic rings. The van der Waals surface area contributed by atoms with Crippen LogP contribution in [0.4, 0.5) is 0 Å². The van der Waals surface area contributed by atoms with Crippen molar-refractivity contribution in [2.75, 3.05) is 0 Å². The monoisotopic (exact) mass is 265 g/mol. The molecular weight excluding hydrogens is 242 g/mol. The molecule has 0 unspecified atom stereocenters. The minimum absolute atomic E-state index is 0.399. The Labute approximate surface area is 122 Å². The van der Waals surface area contributed by atoms with Gasteiger partial charge in [-0.25, -0.2) is 0 Å². The number of hydrogen-bond donors (Lipinski definition) is 1. The third-order valence-electron chi connectivity index (χ3n) is 3.76. The van der Waals surface area contributed by atoms with E-state index in [4.69, 9.17) is 5.73 Å². The highest BCUT2D eigenvalue weighted by atomic mass is 14.7. The average molecular weight is 265 g/mol. The summed E-state index contributed by atoms with van der Waals surface area (Å²) in [7, 11) is 0. The second kappa shape index (κ2) is 7.06. The third kappa shape index (κ3) is 3.37. The molecule has 0 heterocycles. The van der Waals surface area contributed by atoms with Crippen molar-refractivity contribution in [3.8, 4) is 0 Å². The summed E-state index contributed by atoms with van der Waals surface area (Å²) in [6.07, 6.45) is 7.42. The van der Waals surface area contributed by atoms with Crippen molar-refractivity contribution < 1.29 is 0 Å². The third-order valence-corrected chi connectivity index (χ3v) is 3.76. The SMILES string of the molecule is CC=CCCCC(N)(c1ccccc1)c1ccccc1. The predicted octanol–water partition coefficient (Wildman–Crippen LogP) is 4.64. The molecule has 0 saturated carbocycles. The van der Waals surface area contributed by atoms with Gasteiger partial charge in [0.15, 0.2) is 0 Å². The highest BCUT2D eigenvalue weighted by Crippen LogP contribution is 2.31. The molecule has 0 amide bonds. The minimum Gasteiger partial charge on any atom is -0.318 e. The molecule has 1 nitrogen and oxygen atoms in total. The lowest BCUT2D eigenvalue weighted by Gasteiger charge is -2.31. The molecule has 1 heteroatoms. The number of allylic oxidation sites excluding steroid dienone is 2. The topological polar surface area (TPSA) is 26.0 Å². The Morgan fingerprint density at radius 1 is 0.900 bits per heavy atom. The van der Waals surface area contributed by atoms with Crippen LogP contribution in [-0.2, 0) is 5.54 Å². The van der Waals surface area contributed by atoms with Crippen LogP contribution in [-0.4, -0.2) is 0 Å². The van der Waals surface area contributed by atoms with Crippen molar-refractivity contribution in [1.82, 2.24) is 0 Å². The summed E-state index contributed by atoms with van der Waals surface area (Å²) in [5.41, 5.74) is 8.77. The van der Waals surface area contributed by atoms with Crippen LogP contribution in [0.25, 0.3) is 0 Å². The first kappa shape index (κ1) is 14.5. The van der Waals surface area contributed by atoms with Gasteiger partial charge < -0.3 is 5.73 Å². The maximum atomic E-state index is 6.80. The maximum Gasteiger partial charge on any atom is 0.0665 e. The number of rotatable bonds is 6. The largest absolute Gasteiger partial charge is 0.318 e. The number of benzene rings is 2. The minimum atomic E-state index is -0.399. The summed E-state index contributed by atoms with van der Waals surface area (Å²) in [6, 6.07) is 20.8. The zero-order valence-corrected chi connectivity index (χ0v) is 12.1. The fourth-order valence-corrected chi connectivity index (χ4v) is 2.59. The first-order valence-corrected chi connectivity index (χ1v) is 7.28. The van der Waals surface area contributed by atoms with Crippen LogP contribution >= 0.6 is 0 Å². The van der Waals surface area contributed by atoms with E-state index in [0.717, 1.165) is 19.3 Å². The zero-order valence-electron chi connectivity index (χ0n) is 12.1. The molecule has 20 heavy (non-hydrogen) atoms. The Morgan fingerprint density at radius 3 is 1.85 bits per heavy atom. The van der Waals surface area contributed by atoms with Crippen molar-refractivity contribution in [1.29, 1.82) is 0 Å². The molecular formula is C19H23N. The molecule has 0 bridgehead atoms. The van der Waals surface area contributed by atoms with E-state index in [0.29, 0.717) is 0 Å². The van der Waals surface area contributed by atoms with Gasteiger partial charge in [0.2, 0.25) is 0 Å². The highest BCUT2D eigenvalue weighted by molar-refractivity contribution is 5.37. The van der Waals surface area contributed by atoms with E-state index in [1.807, 2.05) is 12.1 Å². The van der Waals surface area contributed by atoms with Gasteiger partial charge in [-0.15, -0.1) is 0 Å². The van der Waals surface area contributed by atoms with E-state index >= 15 is 0 Å². The fourth-order valence-electron chi connectivity index (χ4n) is 2.59. The summed E-state index contributed by atoms with van der Waals surface area (Å²) >= 11 is 0. The van der Waals surface area contributed by atoms with Crippen molar-refractivity contribution >= 4 is 0 Å². The average Bonchev–Trinajstić information content (AvgIpc) is 2.53. The van der Waals surface area contributed by atoms with E-state index < -0.39 is 5.54 Å². The normalized spacial score (nSPS) is 11.9. The van der Waals surface area contributed by atoms with Crippen molar-refractivity contribution in [2.24, 2.45) is 5.73 Å². The van der Waals surface area contributed by atoms with Gasteiger partial charge in [-0.05, 0) is 37.3 Å². The van der Waals surface area contributed by atoms with Gasteiger partial charge in [0.05, 0.1) is 5.54 Å². The molecule has 0 fully saturated rings. The number of hydrogen-bond acceptors (Lipinski definition) is 1. The molecule has 0 spiro atoms. The number of nitrogens with two attached hydrogens (primary N) is 1. The summed E-state index contributed by atoms with van der Waals surface area (Å²) in [4.78, 5) is 0. The molecule has 2 aromatic rings. The summed E-state index contributed by atoms with van der Waals surface area (Å²) in [5, 5.41) is 0. The Bertz CT molecular complexity index is 489. The Kier molecular flexibility index (Phi) is 5.14. The van der Waals surface area contributed by atoms with Gasteiger partial charge in [0.1, 0.15) is 0 Å². The van der Waals surface area contributed by atoms with Gasteiger partial charge in [0.25, 0.3) is 0 Å². The van der Waals surface area contributed by atoms with E-state index in [1.54, 1.807) is 0 Å². The van der Waals surface area contributed by atoms with E-state index in [9.17, 15) is 0 Å². The smallest absolute Gasteiger partial charge is 0.0665 e. The second-order valence-corrected chi connectivity index (χ2v) is 5.16. The fraction of sp³-hybridized carbons (Fsp3) is 0.263. The number of unbranched alkanes of at least 4 members (excludes halogenated alkanes) is 1. The summed E-state index contributed by atoms with van der Waals surface area (Å²) in [5.74, 6) is 0. The molecule has 0 aromatic heterocycles. The molecule has 2 aromatic carbocycles. The quantitative estimate of drug-likeness (QED) is 0.598. The van der Waals surface area contributed by atoms with Crippen LogP contribution in [0.15, 0.2) is 72.8 Å². The summed E-state index contributed by atoms with van der Waals surface area (Å²) < 4.78 is 0. The van der Waals surface area contributed by atoms with E-state index in [1.165, 1.54) is 11.1 Å². The Hall–Kier alpha value is -1.86. The molecule has 0 aliphatic heterocycles. The van der Waals surface area contributed by atoms with Crippen LogP contribution in [0.2, 0.25) is 0 Å². The molecule has 2 rings (SSSR count). The molecule has 104 valence electrons.